The smallest absolute Gasteiger partial charge is 0.294 e. The van der Waals surface area contributed by atoms with Gasteiger partial charge >= 0.3 is 5.97 Å². The second kappa shape index (κ2) is 5.98. The molecule has 1 aromatic rings. The van der Waals surface area contributed by atoms with Gasteiger partial charge < -0.3 is 0 Å². The Morgan fingerprint density at radius 2 is 2.00 bits per heavy atom. The zero-order chi connectivity index (χ0) is 11.1. The van der Waals surface area contributed by atoms with Crippen LogP contribution in [-0.4, -0.2) is 13.1 Å². The van der Waals surface area contributed by atoms with Gasteiger partial charge in [0.15, 0.2) is 0 Å². The fraction of sp³-hybridized carbons (Fsp3) is 0.250. The molecule has 0 aliphatic rings. The van der Waals surface area contributed by atoms with E-state index in [4.69, 9.17) is 0 Å². The van der Waals surface area contributed by atoms with Crippen LogP contribution < -0.4 is 0 Å². The maximum atomic E-state index is 10.9. The number of rotatable bonds is 4. The highest BCUT2D eigenvalue weighted by Gasteiger charge is 1.95. The van der Waals surface area contributed by atoms with Crippen LogP contribution >= 0.6 is 0 Å². The number of hydrogen-bond donors (Lipinski definition) is 0. The molecule has 0 aliphatic carbocycles. The summed E-state index contributed by atoms with van der Waals surface area (Å²) in [5.41, 5.74) is 2.23. The molecule has 3 nitrogen and oxygen atoms in total. The molecule has 0 N–H and O–H groups in total. The molecule has 0 fully saturated rings. The molecule has 0 radical (unpaired) electrons. The topological polar surface area (TPSA) is 35.5 Å². The third-order valence-corrected chi connectivity index (χ3v) is 1.97. The number of aryl methyl sites for hydroxylation is 1. The minimum Gasteiger partial charge on any atom is -0.294 e. The first-order valence-corrected chi connectivity index (χ1v) is 4.78. The standard InChI is InChI=1S/C12H14O3/c1-3-10-4-6-11(7-5-10)8-9-12(13)15-14-2/h4-9H,3H2,1-2H3. The van der Waals surface area contributed by atoms with E-state index in [0.29, 0.717) is 0 Å². The highest BCUT2D eigenvalue weighted by molar-refractivity contribution is 5.86. The van der Waals surface area contributed by atoms with E-state index in [1.54, 1.807) is 6.08 Å². The second-order valence-electron chi connectivity index (χ2n) is 3.00. The molecule has 0 heterocycles. The van der Waals surface area contributed by atoms with Gasteiger partial charge in [0.25, 0.3) is 0 Å². The monoisotopic (exact) mass is 206 g/mol. The lowest BCUT2D eigenvalue weighted by Crippen LogP contribution is -1.97. The summed E-state index contributed by atoms with van der Waals surface area (Å²) in [5, 5.41) is 0. The van der Waals surface area contributed by atoms with E-state index in [1.807, 2.05) is 24.3 Å². The van der Waals surface area contributed by atoms with Gasteiger partial charge in [0.2, 0.25) is 0 Å². The Hall–Kier alpha value is -1.61. The predicted octanol–water partition coefficient (Wildman–Crippen LogP) is 2.37. The van der Waals surface area contributed by atoms with Crippen LogP contribution in [0.25, 0.3) is 6.08 Å². The first-order chi connectivity index (χ1) is 7.26. The molecule has 0 aromatic heterocycles. The van der Waals surface area contributed by atoms with E-state index in [1.165, 1.54) is 18.7 Å². The Morgan fingerprint density at radius 1 is 1.33 bits per heavy atom. The molecule has 80 valence electrons. The molecule has 0 aliphatic heterocycles. The molecule has 15 heavy (non-hydrogen) atoms. The Balaban J connectivity index is 2.60. The van der Waals surface area contributed by atoms with E-state index in [2.05, 4.69) is 16.7 Å². The summed E-state index contributed by atoms with van der Waals surface area (Å²) in [7, 11) is 1.29. The van der Waals surface area contributed by atoms with Gasteiger partial charge in [-0.3, -0.25) is 4.89 Å². The van der Waals surface area contributed by atoms with Crippen LogP contribution in [0.5, 0.6) is 0 Å². The summed E-state index contributed by atoms with van der Waals surface area (Å²) in [6.07, 6.45) is 4.01. The molecule has 0 spiro atoms. The number of carbonyl (C=O) groups excluding carboxylic acids is 1. The van der Waals surface area contributed by atoms with Crippen molar-refractivity contribution >= 4 is 12.0 Å². The van der Waals surface area contributed by atoms with Crippen LogP contribution in [0.4, 0.5) is 0 Å². The van der Waals surface area contributed by atoms with Crippen LogP contribution in [0, 0.1) is 0 Å². The number of benzene rings is 1. The largest absolute Gasteiger partial charge is 0.365 e. The fourth-order valence-electron chi connectivity index (χ4n) is 1.14. The molecule has 1 rings (SSSR count). The third-order valence-electron chi connectivity index (χ3n) is 1.97. The normalized spacial score (nSPS) is 10.5. The van der Waals surface area contributed by atoms with Crippen molar-refractivity contribution < 1.29 is 14.6 Å². The average molecular weight is 206 g/mol. The summed E-state index contributed by atoms with van der Waals surface area (Å²) in [6.45, 7) is 2.10. The van der Waals surface area contributed by atoms with Crippen LogP contribution in [0.1, 0.15) is 18.1 Å². The van der Waals surface area contributed by atoms with Crippen LogP contribution in [0.2, 0.25) is 0 Å². The maximum absolute atomic E-state index is 10.9. The van der Waals surface area contributed by atoms with Crippen molar-refractivity contribution in [1.82, 2.24) is 0 Å². The van der Waals surface area contributed by atoms with Crippen molar-refractivity contribution in [1.29, 1.82) is 0 Å². The Bertz CT molecular complexity index is 338. The van der Waals surface area contributed by atoms with Gasteiger partial charge in [-0.25, -0.2) is 4.79 Å². The van der Waals surface area contributed by atoms with Crippen molar-refractivity contribution in [3.05, 3.63) is 41.5 Å². The molecular formula is C12H14O3. The van der Waals surface area contributed by atoms with Crippen molar-refractivity contribution in [2.45, 2.75) is 13.3 Å². The minimum absolute atomic E-state index is 0.517. The van der Waals surface area contributed by atoms with Gasteiger partial charge in [-0.2, -0.15) is 4.89 Å². The summed E-state index contributed by atoms with van der Waals surface area (Å²) in [6, 6.07) is 7.97. The summed E-state index contributed by atoms with van der Waals surface area (Å²) in [4.78, 5) is 19.4. The van der Waals surface area contributed by atoms with Crippen molar-refractivity contribution in [3.8, 4) is 0 Å². The lowest BCUT2D eigenvalue weighted by Gasteiger charge is -1.97. The van der Waals surface area contributed by atoms with Gasteiger partial charge in [0.05, 0.1) is 7.11 Å². The van der Waals surface area contributed by atoms with E-state index in [9.17, 15) is 4.79 Å². The Morgan fingerprint density at radius 3 is 2.53 bits per heavy atom. The highest BCUT2D eigenvalue weighted by Crippen LogP contribution is 2.06. The van der Waals surface area contributed by atoms with Gasteiger partial charge in [-0.1, -0.05) is 31.2 Å². The minimum atomic E-state index is -0.517. The zero-order valence-corrected chi connectivity index (χ0v) is 8.90. The average Bonchev–Trinajstić information content (AvgIpc) is 2.27. The molecule has 1 aromatic carbocycles. The lowest BCUT2D eigenvalue weighted by molar-refractivity contribution is -0.249. The van der Waals surface area contributed by atoms with Gasteiger partial charge in [0, 0.05) is 6.08 Å². The molecule has 0 saturated heterocycles. The molecule has 0 atom stereocenters. The molecule has 0 unspecified atom stereocenters. The van der Waals surface area contributed by atoms with E-state index < -0.39 is 5.97 Å². The summed E-state index contributed by atoms with van der Waals surface area (Å²) in [5.74, 6) is -0.517. The summed E-state index contributed by atoms with van der Waals surface area (Å²) < 4.78 is 0. The highest BCUT2D eigenvalue weighted by atomic mass is 17.2. The Kier molecular flexibility index (Phi) is 4.57. The van der Waals surface area contributed by atoms with Crippen LogP contribution in [0.15, 0.2) is 30.3 Å². The van der Waals surface area contributed by atoms with Crippen molar-refractivity contribution in [2.75, 3.05) is 7.11 Å². The number of carbonyl (C=O) groups is 1. The SMILES string of the molecule is CCc1ccc(C=CC(=O)OOC)cc1. The molecule has 3 heteroatoms. The molecule has 0 saturated carbocycles. The molecule has 0 amide bonds. The Labute approximate surface area is 89.2 Å². The van der Waals surface area contributed by atoms with Gasteiger partial charge in [-0.15, -0.1) is 0 Å². The first kappa shape index (κ1) is 11.5. The quantitative estimate of drug-likeness (QED) is 0.431. The van der Waals surface area contributed by atoms with Crippen LogP contribution in [0.3, 0.4) is 0 Å². The summed E-state index contributed by atoms with van der Waals surface area (Å²) >= 11 is 0. The van der Waals surface area contributed by atoms with Crippen molar-refractivity contribution in [3.63, 3.8) is 0 Å². The molecular weight excluding hydrogens is 192 g/mol. The zero-order valence-electron chi connectivity index (χ0n) is 8.90. The van der Waals surface area contributed by atoms with E-state index >= 15 is 0 Å². The van der Waals surface area contributed by atoms with E-state index in [-0.39, 0.29) is 0 Å². The molecule has 0 bridgehead atoms. The lowest BCUT2D eigenvalue weighted by atomic mass is 10.1. The van der Waals surface area contributed by atoms with Gasteiger partial charge in [-0.05, 0) is 23.6 Å². The van der Waals surface area contributed by atoms with Crippen molar-refractivity contribution in [2.24, 2.45) is 0 Å². The fourth-order valence-corrected chi connectivity index (χ4v) is 1.14. The predicted molar refractivity (Wildman–Crippen MR) is 58.0 cm³/mol. The van der Waals surface area contributed by atoms with Gasteiger partial charge in [0.1, 0.15) is 0 Å². The number of hydrogen-bond acceptors (Lipinski definition) is 3. The van der Waals surface area contributed by atoms with Crippen LogP contribution in [-0.2, 0) is 21.0 Å². The third kappa shape index (κ3) is 3.95. The maximum Gasteiger partial charge on any atom is 0.365 e. The second-order valence-corrected chi connectivity index (χ2v) is 3.00. The first-order valence-electron chi connectivity index (χ1n) is 4.78. The van der Waals surface area contributed by atoms with E-state index in [0.717, 1.165) is 12.0 Å².